The van der Waals surface area contributed by atoms with Crippen LogP contribution in [0.4, 0.5) is 0 Å². The lowest BCUT2D eigenvalue weighted by molar-refractivity contribution is -0.118. The second-order valence-electron chi connectivity index (χ2n) is 9.51. The van der Waals surface area contributed by atoms with Crippen LogP contribution in [0.25, 0.3) is 0 Å². The van der Waals surface area contributed by atoms with Crippen molar-refractivity contribution in [3.63, 3.8) is 0 Å². The van der Waals surface area contributed by atoms with Gasteiger partial charge in [0.25, 0.3) is 0 Å². The summed E-state index contributed by atoms with van der Waals surface area (Å²) in [5.41, 5.74) is 2.88. The van der Waals surface area contributed by atoms with Crippen molar-refractivity contribution in [2.45, 2.75) is 64.5 Å². The molecule has 0 aromatic heterocycles. The van der Waals surface area contributed by atoms with Crippen molar-refractivity contribution in [1.82, 2.24) is 5.32 Å². The molecule has 0 spiro atoms. The topological polar surface area (TPSA) is 21.3 Å². The minimum atomic E-state index is 0.376. The Hall–Kier alpha value is -1.28. The Bertz CT molecular complexity index is 601. The Morgan fingerprint density at radius 3 is 2.33 bits per heavy atom. The van der Waals surface area contributed by atoms with Crippen LogP contribution < -0.4 is 10.1 Å². The van der Waals surface area contributed by atoms with E-state index in [0.29, 0.717) is 23.0 Å². The van der Waals surface area contributed by atoms with Gasteiger partial charge in [0, 0.05) is 12.1 Å². The number of hydrogen-bond acceptors (Lipinski definition) is 2. The van der Waals surface area contributed by atoms with E-state index in [1.165, 1.54) is 44.1 Å². The third-order valence-corrected chi connectivity index (χ3v) is 6.58. The number of benzene rings is 1. The molecule has 2 nitrogen and oxygen atoms in total. The van der Waals surface area contributed by atoms with Crippen molar-refractivity contribution in [3.8, 4) is 5.75 Å². The SMILES string of the molecule is C=CCOc1ccc(CNC23CC4C[C@@](C)(C2)C[C@](C)(C4)C3)cc1. The minimum absolute atomic E-state index is 0.376. The maximum atomic E-state index is 5.58. The number of nitrogens with one attached hydrogen (secondary N) is 1. The third kappa shape index (κ3) is 3.01. The Balaban J connectivity index is 1.43. The lowest BCUT2D eigenvalue weighted by Crippen LogP contribution is -2.63. The normalized spacial score (nSPS) is 39.8. The van der Waals surface area contributed by atoms with Gasteiger partial charge in [0.05, 0.1) is 0 Å². The fourth-order valence-electron chi connectivity index (χ4n) is 6.79. The molecule has 4 saturated carbocycles. The van der Waals surface area contributed by atoms with E-state index in [1.807, 2.05) is 0 Å². The van der Waals surface area contributed by atoms with Crippen LogP contribution >= 0.6 is 0 Å². The van der Waals surface area contributed by atoms with E-state index in [1.54, 1.807) is 6.08 Å². The number of ether oxygens (including phenoxy) is 1. The summed E-state index contributed by atoms with van der Waals surface area (Å²) in [6.45, 7) is 10.3. The first kappa shape index (κ1) is 16.2. The standard InChI is InChI=1S/C22H31NO/c1-4-9-24-19-7-5-17(6-8-19)13-23-22-12-18-10-20(2,15-22)14-21(3,11-18)16-22/h4-8,18,23H,1,9-16H2,2-3H3/t18?,20-,21+,22?. The fourth-order valence-corrected chi connectivity index (χ4v) is 6.79. The first-order valence-electron chi connectivity index (χ1n) is 9.49. The van der Waals surface area contributed by atoms with Gasteiger partial charge in [-0.15, -0.1) is 0 Å². The van der Waals surface area contributed by atoms with Crippen molar-refractivity contribution in [1.29, 1.82) is 0 Å². The van der Waals surface area contributed by atoms with Crippen molar-refractivity contribution >= 4 is 0 Å². The van der Waals surface area contributed by atoms with E-state index in [2.05, 4.69) is 50.0 Å². The van der Waals surface area contributed by atoms with Crippen LogP contribution in [0.2, 0.25) is 0 Å². The molecule has 130 valence electrons. The van der Waals surface area contributed by atoms with Gasteiger partial charge in [0.2, 0.25) is 0 Å². The molecular formula is C22H31NO. The molecule has 4 aliphatic rings. The predicted molar refractivity (Wildman–Crippen MR) is 99.1 cm³/mol. The summed E-state index contributed by atoms with van der Waals surface area (Å²) in [7, 11) is 0. The monoisotopic (exact) mass is 325 g/mol. The highest BCUT2D eigenvalue weighted by Gasteiger charge is 2.59. The van der Waals surface area contributed by atoms with Crippen LogP contribution in [0.1, 0.15) is 57.9 Å². The van der Waals surface area contributed by atoms with Crippen LogP contribution in [0.3, 0.4) is 0 Å². The van der Waals surface area contributed by atoms with Crippen molar-refractivity contribution in [2.24, 2.45) is 16.7 Å². The van der Waals surface area contributed by atoms with Gasteiger partial charge in [0.1, 0.15) is 12.4 Å². The second kappa shape index (κ2) is 5.62. The quantitative estimate of drug-likeness (QED) is 0.736. The molecule has 1 aromatic carbocycles. The van der Waals surface area contributed by atoms with Gasteiger partial charge in [-0.3, -0.25) is 0 Å². The van der Waals surface area contributed by atoms with Crippen molar-refractivity contribution in [2.75, 3.05) is 6.61 Å². The summed E-state index contributed by atoms with van der Waals surface area (Å²) in [5, 5.41) is 4.00. The summed E-state index contributed by atoms with van der Waals surface area (Å²) in [6.07, 6.45) is 10.3. The summed E-state index contributed by atoms with van der Waals surface area (Å²) < 4.78 is 5.58. The molecular weight excluding hydrogens is 294 g/mol. The Labute approximate surface area is 146 Å². The molecule has 0 heterocycles. The van der Waals surface area contributed by atoms with Crippen LogP contribution in [0, 0.1) is 16.7 Å². The van der Waals surface area contributed by atoms with E-state index in [4.69, 9.17) is 4.74 Å². The third-order valence-electron chi connectivity index (χ3n) is 6.58. The summed E-state index contributed by atoms with van der Waals surface area (Å²) in [6, 6.07) is 8.52. The highest BCUT2D eigenvalue weighted by molar-refractivity contribution is 5.27. The van der Waals surface area contributed by atoms with Gasteiger partial charge in [-0.25, -0.2) is 0 Å². The summed E-state index contributed by atoms with van der Waals surface area (Å²) >= 11 is 0. The van der Waals surface area contributed by atoms with Gasteiger partial charge in [-0.2, -0.15) is 0 Å². The number of hydrogen-bond donors (Lipinski definition) is 1. The van der Waals surface area contributed by atoms with E-state index in [-0.39, 0.29) is 0 Å². The summed E-state index contributed by atoms with van der Waals surface area (Å²) in [5.74, 6) is 1.87. The maximum Gasteiger partial charge on any atom is 0.119 e. The first-order chi connectivity index (χ1) is 11.4. The first-order valence-corrected chi connectivity index (χ1v) is 9.49. The molecule has 0 aliphatic heterocycles. The highest BCUT2D eigenvalue weighted by Crippen LogP contribution is 2.66. The number of rotatable bonds is 6. The molecule has 0 amide bonds. The fraction of sp³-hybridized carbons (Fsp3) is 0.636. The van der Waals surface area contributed by atoms with Crippen molar-refractivity contribution in [3.05, 3.63) is 42.5 Å². The average molecular weight is 325 g/mol. The Kier molecular flexibility index (Phi) is 3.80. The molecule has 24 heavy (non-hydrogen) atoms. The van der Waals surface area contributed by atoms with Gasteiger partial charge >= 0.3 is 0 Å². The highest BCUT2D eigenvalue weighted by atomic mass is 16.5. The zero-order valence-corrected chi connectivity index (χ0v) is 15.2. The van der Waals surface area contributed by atoms with Crippen LogP contribution in [0.5, 0.6) is 5.75 Å². The lowest BCUT2D eigenvalue weighted by Gasteiger charge is -2.65. The predicted octanol–water partition coefficient (Wildman–Crippen LogP) is 5.09. The molecule has 4 atom stereocenters. The largest absolute Gasteiger partial charge is 0.490 e. The summed E-state index contributed by atoms with van der Waals surface area (Å²) in [4.78, 5) is 0. The van der Waals surface area contributed by atoms with Crippen LogP contribution in [0.15, 0.2) is 36.9 Å². The molecule has 1 N–H and O–H groups in total. The van der Waals surface area contributed by atoms with Gasteiger partial charge in [-0.1, -0.05) is 38.6 Å². The zero-order chi connectivity index (χ0) is 16.8. The molecule has 0 radical (unpaired) electrons. The molecule has 1 aromatic rings. The average Bonchev–Trinajstić information content (AvgIpc) is 2.48. The maximum absolute atomic E-state index is 5.58. The lowest BCUT2D eigenvalue weighted by atomic mass is 9.43. The van der Waals surface area contributed by atoms with Gasteiger partial charge in [0.15, 0.2) is 0 Å². The van der Waals surface area contributed by atoms with Gasteiger partial charge in [-0.05, 0) is 73.0 Å². The molecule has 4 fully saturated rings. The van der Waals surface area contributed by atoms with E-state index < -0.39 is 0 Å². The smallest absolute Gasteiger partial charge is 0.119 e. The Morgan fingerprint density at radius 2 is 1.75 bits per heavy atom. The van der Waals surface area contributed by atoms with Gasteiger partial charge < -0.3 is 10.1 Å². The molecule has 4 aliphatic carbocycles. The van der Waals surface area contributed by atoms with E-state index in [9.17, 15) is 0 Å². The molecule has 0 saturated heterocycles. The van der Waals surface area contributed by atoms with E-state index >= 15 is 0 Å². The molecule has 2 unspecified atom stereocenters. The van der Waals surface area contributed by atoms with E-state index in [0.717, 1.165) is 18.2 Å². The Morgan fingerprint density at radius 1 is 1.08 bits per heavy atom. The van der Waals surface area contributed by atoms with Crippen molar-refractivity contribution < 1.29 is 4.74 Å². The minimum Gasteiger partial charge on any atom is -0.490 e. The second-order valence-corrected chi connectivity index (χ2v) is 9.51. The van der Waals surface area contributed by atoms with Crippen LogP contribution in [-0.4, -0.2) is 12.1 Å². The molecule has 4 bridgehead atoms. The zero-order valence-electron chi connectivity index (χ0n) is 15.2. The van der Waals surface area contributed by atoms with Crippen LogP contribution in [-0.2, 0) is 6.54 Å². The molecule has 5 rings (SSSR count). The molecule has 2 heteroatoms.